The molecule has 0 saturated heterocycles. The van der Waals surface area contributed by atoms with Gasteiger partial charge in [-0.15, -0.1) is 0 Å². The lowest BCUT2D eigenvalue weighted by atomic mass is 10.0. The van der Waals surface area contributed by atoms with E-state index in [1.165, 1.54) is 24.3 Å². The lowest BCUT2D eigenvalue weighted by Gasteiger charge is -2.24. The fourth-order valence-electron chi connectivity index (χ4n) is 2.69. The Balaban J connectivity index is 2.12. The maximum atomic E-state index is 13.1. The number of non-ortho nitro benzene ring substituents is 1. The topological polar surface area (TPSA) is 101 Å². The molecule has 0 aliphatic rings. The summed E-state index contributed by atoms with van der Waals surface area (Å²) in [4.78, 5) is 35.5. The van der Waals surface area contributed by atoms with Gasteiger partial charge >= 0.3 is 0 Å². The predicted octanol–water partition coefficient (Wildman–Crippen LogP) is 4.02. The van der Waals surface area contributed by atoms with Crippen molar-refractivity contribution in [2.45, 2.75) is 32.9 Å². The van der Waals surface area contributed by atoms with E-state index in [1.54, 1.807) is 32.9 Å². The highest BCUT2D eigenvalue weighted by Gasteiger charge is 2.27. The summed E-state index contributed by atoms with van der Waals surface area (Å²) in [5.41, 5.74) is 0.507. The minimum absolute atomic E-state index is 0.0299. The minimum Gasteiger partial charge on any atom is -0.348 e. The molecule has 0 aliphatic heterocycles. The average Bonchev–Trinajstić information content (AvgIpc) is 2.65. The fourth-order valence-corrected chi connectivity index (χ4v) is 2.95. The van der Waals surface area contributed by atoms with Crippen molar-refractivity contribution in [3.8, 4) is 0 Å². The lowest BCUT2D eigenvalue weighted by Crippen LogP contribution is -2.50. The molecule has 0 saturated carbocycles. The van der Waals surface area contributed by atoms with Gasteiger partial charge in [-0.3, -0.25) is 19.7 Å². The van der Waals surface area contributed by atoms with Gasteiger partial charge < -0.3 is 10.6 Å². The molecule has 9 heteroatoms. The lowest BCUT2D eigenvalue weighted by molar-refractivity contribution is -0.384. The van der Waals surface area contributed by atoms with Crippen LogP contribution in [-0.4, -0.2) is 22.8 Å². The van der Waals surface area contributed by atoms with Crippen molar-refractivity contribution in [1.29, 1.82) is 0 Å². The van der Waals surface area contributed by atoms with Crippen molar-refractivity contribution >= 4 is 29.1 Å². The molecule has 2 rings (SSSR count). The molecule has 2 aromatic rings. The second-order valence-electron chi connectivity index (χ2n) is 6.90. The number of hydrogen-bond donors (Lipinski definition) is 2. The Labute approximate surface area is 172 Å². The second kappa shape index (κ2) is 9.47. The Morgan fingerprint density at radius 3 is 2.21 bits per heavy atom. The van der Waals surface area contributed by atoms with E-state index in [0.29, 0.717) is 5.56 Å². The van der Waals surface area contributed by atoms with Gasteiger partial charge in [0.1, 0.15) is 11.9 Å². The molecule has 2 amide bonds. The van der Waals surface area contributed by atoms with Crippen molar-refractivity contribution in [3.05, 3.63) is 74.5 Å². The van der Waals surface area contributed by atoms with E-state index in [9.17, 15) is 24.1 Å². The summed E-state index contributed by atoms with van der Waals surface area (Å²) < 4.78 is 13.1. The monoisotopic (exact) mass is 421 g/mol. The van der Waals surface area contributed by atoms with Gasteiger partial charge in [0.05, 0.1) is 21.6 Å². The second-order valence-corrected chi connectivity index (χ2v) is 7.31. The smallest absolute Gasteiger partial charge is 0.270 e. The molecule has 0 bridgehead atoms. The average molecular weight is 422 g/mol. The fraction of sp³-hybridized carbons (Fsp3) is 0.300. The SMILES string of the molecule is CC(NC(=O)C(NC(=O)c1ccc([N+](=O)[O-])cc1Cl)C(C)C)c1ccc(F)cc1. The molecule has 154 valence electrons. The van der Waals surface area contributed by atoms with Crippen LogP contribution in [0.5, 0.6) is 0 Å². The first-order valence-corrected chi connectivity index (χ1v) is 9.28. The molecule has 0 radical (unpaired) electrons. The number of nitrogens with one attached hydrogen (secondary N) is 2. The van der Waals surface area contributed by atoms with Crippen LogP contribution < -0.4 is 10.6 Å². The quantitative estimate of drug-likeness (QED) is 0.520. The summed E-state index contributed by atoms with van der Waals surface area (Å²) in [5.74, 6) is -1.65. The van der Waals surface area contributed by atoms with Crippen LogP contribution >= 0.6 is 11.6 Å². The van der Waals surface area contributed by atoms with Crippen LogP contribution in [0.2, 0.25) is 5.02 Å². The van der Waals surface area contributed by atoms with Gasteiger partial charge in [0.25, 0.3) is 11.6 Å². The van der Waals surface area contributed by atoms with E-state index in [1.807, 2.05) is 0 Å². The third kappa shape index (κ3) is 5.74. The van der Waals surface area contributed by atoms with Crippen molar-refractivity contribution in [3.63, 3.8) is 0 Å². The van der Waals surface area contributed by atoms with Gasteiger partial charge in [-0.1, -0.05) is 37.6 Å². The van der Waals surface area contributed by atoms with E-state index >= 15 is 0 Å². The molecule has 2 N–H and O–H groups in total. The number of amides is 2. The zero-order valence-corrected chi connectivity index (χ0v) is 16.9. The molecule has 29 heavy (non-hydrogen) atoms. The van der Waals surface area contributed by atoms with Crippen molar-refractivity contribution < 1.29 is 18.9 Å². The first-order valence-electron chi connectivity index (χ1n) is 8.90. The first kappa shape index (κ1) is 22.3. The molecule has 0 fully saturated rings. The van der Waals surface area contributed by atoms with E-state index < -0.39 is 28.8 Å². The van der Waals surface area contributed by atoms with E-state index in [2.05, 4.69) is 10.6 Å². The molecule has 0 spiro atoms. The number of carbonyl (C=O) groups is 2. The van der Waals surface area contributed by atoms with Gasteiger partial charge in [-0.2, -0.15) is 0 Å². The van der Waals surface area contributed by atoms with Gasteiger partial charge in [-0.25, -0.2) is 4.39 Å². The number of halogens is 2. The highest BCUT2D eigenvalue weighted by atomic mass is 35.5. The number of benzene rings is 2. The minimum atomic E-state index is -0.864. The third-order valence-corrected chi connectivity index (χ3v) is 4.69. The summed E-state index contributed by atoms with van der Waals surface area (Å²) >= 11 is 5.99. The molecule has 0 aromatic heterocycles. The van der Waals surface area contributed by atoms with Crippen LogP contribution in [0.3, 0.4) is 0 Å². The molecule has 0 aliphatic carbocycles. The number of nitro benzene ring substituents is 1. The maximum Gasteiger partial charge on any atom is 0.270 e. The molecular formula is C20H21ClFN3O4. The normalized spacial score (nSPS) is 12.9. The van der Waals surface area contributed by atoms with Crippen LogP contribution in [0.4, 0.5) is 10.1 Å². The summed E-state index contributed by atoms with van der Waals surface area (Å²) in [6.45, 7) is 5.28. The number of hydrogen-bond acceptors (Lipinski definition) is 4. The summed E-state index contributed by atoms with van der Waals surface area (Å²) in [7, 11) is 0. The molecule has 0 heterocycles. The van der Waals surface area contributed by atoms with Crippen LogP contribution in [-0.2, 0) is 4.79 Å². The van der Waals surface area contributed by atoms with E-state index in [0.717, 1.165) is 6.07 Å². The van der Waals surface area contributed by atoms with Gasteiger partial charge in [-0.05, 0) is 36.6 Å². The Morgan fingerprint density at radius 2 is 1.69 bits per heavy atom. The third-order valence-electron chi connectivity index (χ3n) is 4.37. The Morgan fingerprint density at radius 1 is 1.07 bits per heavy atom. The molecule has 2 atom stereocenters. The van der Waals surface area contributed by atoms with Crippen LogP contribution in [0, 0.1) is 21.8 Å². The zero-order valence-electron chi connectivity index (χ0n) is 16.1. The summed E-state index contributed by atoms with van der Waals surface area (Å²) in [5, 5.41) is 16.1. The predicted molar refractivity (Wildman–Crippen MR) is 107 cm³/mol. The molecule has 7 nitrogen and oxygen atoms in total. The van der Waals surface area contributed by atoms with E-state index in [-0.39, 0.29) is 28.0 Å². The molecule has 2 aromatic carbocycles. The number of carbonyl (C=O) groups excluding carboxylic acids is 2. The standard InChI is InChI=1S/C20H21ClFN3O4/c1-11(2)18(20(27)23-12(3)13-4-6-14(22)7-5-13)24-19(26)16-9-8-15(25(28)29)10-17(16)21/h4-12,18H,1-3H3,(H,23,27)(H,24,26). The highest BCUT2D eigenvalue weighted by Crippen LogP contribution is 2.23. The van der Waals surface area contributed by atoms with Crippen molar-refractivity contribution in [2.24, 2.45) is 5.92 Å². The number of nitrogens with zero attached hydrogens (tertiary/aromatic N) is 1. The maximum absolute atomic E-state index is 13.1. The van der Waals surface area contributed by atoms with Gasteiger partial charge in [0.15, 0.2) is 0 Å². The van der Waals surface area contributed by atoms with Crippen LogP contribution in [0.25, 0.3) is 0 Å². The Bertz CT molecular complexity index is 918. The summed E-state index contributed by atoms with van der Waals surface area (Å²) in [6, 6.07) is 7.97. The molecule has 2 unspecified atom stereocenters. The van der Waals surface area contributed by atoms with Crippen molar-refractivity contribution in [1.82, 2.24) is 10.6 Å². The van der Waals surface area contributed by atoms with E-state index in [4.69, 9.17) is 11.6 Å². The molecular weight excluding hydrogens is 401 g/mol. The van der Waals surface area contributed by atoms with Crippen molar-refractivity contribution in [2.75, 3.05) is 0 Å². The Kier molecular flexibility index (Phi) is 7.28. The number of nitro groups is 1. The van der Waals surface area contributed by atoms with Gasteiger partial charge in [0, 0.05) is 12.1 Å². The van der Waals surface area contributed by atoms with Gasteiger partial charge in [0.2, 0.25) is 5.91 Å². The zero-order chi connectivity index (χ0) is 21.7. The van der Waals surface area contributed by atoms with Crippen LogP contribution in [0.15, 0.2) is 42.5 Å². The Hall–Kier alpha value is -3.00. The van der Waals surface area contributed by atoms with Crippen LogP contribution in [0.1, 0.15) is 42.7 Å². The largest absolute Gasteiger partial charge is 0.348 e. The highest BCUT2D eigenvalue weighted by molar-refractivity contribution is 6.34. The summed E-state index contributed by atoms with van der Waals surface area (Å²) in [6.07, 6.45) is 0. The number of rotatable bonds is 7. The first-order chi connectivity index (χ1) is 13.6.